The monoisotopic (exact) mass is 386 g/mol. The molecule has 3 heterocycles. The smallest absolute Gasteiger partial charge is 0.226 e. The van der Waals surface area contributed by atoms with Gasteiger partial charge in [-0.05, 0) is 48.4 Å². The van der Waals surface area contributed by atoms with Crippen molar-refractivity contribution in [2.24, 2.45) is 5.92 Å². The maximum atomic E-state index is 12.9. The van der Waals surface area contributed by atoms with Crippen molar-refractivity contribution in [3.05, 3.63) is 84.2 Å². The number of nitrogens with zero attached hydrogens (tertiary/aromatic N) is 4. The van der Waals surface area contributed by atoms with Gasteiger partial charge in [0.05, 0.1) is 0 Å². The lowest BCUT2D eigenvalue weighted by Crippen LogP contribution is -2.39. The lowest BCUT2D eigenvalue weighted by molar-refractivity contribution is -0.133. The van der Waals surface area contributed by atoms with E-state index in [0.717, 1.165) is 44.7 Å². The highest BCUT2D eigenvalue weighted by Gasteiger charge is 2.46. The summed E-state index contributed by atoms with van der Waals surface area (Å²) >= 11 is 0. The molecule has 1 aromatic carbocycles. The van der Waals surface area contributed by atoms with Crippen molar-refractivity contribution >= 4 is 5.91 Å². The van der Waals surface area contributed by atoms with E-state index in [1.165, 1.54) is 11.1 Å². The molecular formula is C24H26N4O. The highest BCUT2D eigenvalue weighted by Crippen LogP contribution is 2.48. The summed E-state index contributed by atoms with van der Waals surface area (Å²) in [5.74, 6) is 2.50. The van der Waals surface area contributed by atoms with Gasteiger partial charge < -0.3 is 9.47 Å². The number of imidazole rings is 1. The molecule has 2 fully saturated rings. The fourth-order valence-corrected chi connectivity index (χ4v) is 4.63. The first kappa shape index (κ1) is 18.1. The zero-order valence-corrected chi connectivity index (χ0v) is 16.5. The molecule has 1 amide bonds. The molecule has 0 spiro atoms. The highest BCUT2D eigenvalue weighted by atomic mass is 16.2. The Kier molecular flexibility index (Phi) is 4.88. The number of piperidine rings is 1. The fourth-order valence-electron chi connectivity index (χ4n) is 4.63. The number of benzene rings is 1. The first-order valence-electron chi connectivity index (χ1n) is 10.5. The van der Waals surface area contributed by atoms with Crippen molar-refractivity contribution in [1.82, 2.24) is 19.4 Å². The van der Waals surface area contributed by atoms with Gasteiger partial charge in [-0.3, -0.25) is 9.78 Å². The van der Waals surface area contributed by atoms with Crippen LogP contribution in [0.3, 0.4) is 0 Å². The molecule has 5 heteroatoms. The second-order valence-corrected chi connectivity index (χ2v) is 8.23. The molecule has 2 atom stereocenters. The van der Waals surface area contributed by atoms with Gasteiger partial charge in [-0.15, -0.1) is 0 Å². The van der Waals surface area contributed by atoms with Gasteiger partial charge in [0, 0.05) is 56.3 Å². The molecule has 148 valence electrons. The van der Waals surface area contributed by atoms with Crippen LogP contribution >= 0.6 is 0 Å². The number of likely N-dealkylation sites (tertiary alicyclic amines) is 1. The highest BCUT2D eigenvalue weighted by molar-refractivity contribution is 5.83. The van der Waals surface area contributed by atoms with Gasteiger partial charge in [0.15, 0.2) is 0 Å². The van der Waals surface area contributed by atoms with Crippen molar-refractivity contribution in [1.29, 1.82) is 0 Å². The molecule has 0 radical (unpaired) electrons. The van der Waals surface area contributed by atoms with Crippen LogP contribution in [0.2, 0.25) is 0 Å². The van der Waals surface area contributed by atoms with Crippen LogP contribution in [0.15, 0.2) is 67.3 Å². The summed E-state index contributed by atoms with van der Waals surface area (Å²) in [7, 11) is 0. The van der Waals surface area contributed by atoms with Gasteiger partial charge in [-0.2, -0.15) is 0 Å². The summed E-state index contributed by atoms with van der Waals surface area (Å²) < 4.78 is 2.24. The van der Waals surface area contributed by atoms with Crippen molar-refractivity contribution in [3.8, 4) is 0 Å². The van der Waals surface area contributed by atoms with E-state index in [4.69, 9.17) is 0 Å². The average Bonchev–Trinajstić information content (AvgIpc) is 3.46. The van der Waals surface area contributed by atoms with Crippen LogP contribution in [0, 0.1) is 5.92 Å². The largest absolute Gasteiger partial charge is 0.342 e. The van der Waals surface area contributed by atoms with Crippen LogP contribution in [0.1, 0.15) is 48.0 Å². The summed E-state index contributed by atoms with van der Waals surface area (Å²) in [5.41, 5.74) is 2.53. The molecule has 0 bridgehead atoms. The van der Waals surface area contributed by atoms with E-state index in [2.05, 4.69) is 49.9 Å². The van der Waals surface area contributed by atoms with Crippen LogP contribution in [-0.2, 0) is 11.3 Å². The number of amides is 1. The fraction of sp³-hybridized carbons (Fsp3) is 0.375. The molecule has 2 unspecified atom stereocenters. The number of hydrogen-bond acceptors (Lipinski definition) is 3. The Morgan fingerprint density at radius 2 is 1.76 bits per heavy atom. The van der Waals surface area contributed by atoms with E-state index < -0.39 is 0 Å². The van der Waals surface area contributed by atoms with Crippen molar-refractivity contribution in [2.45, 2.75) is 37.6 Å². The van der Waals surface area contributed by atoms with Gasteiger partial charge >= 0.3 is 0 Å². The second-order valence-electron chi connectivity index (χ2n) is 8.23. The van der Waals surface area contributed by atoms with E-state index in [-0.39, 0.29) is 5.92 Å². The number of rotatable bonds is 5. The van der Waals surface area contributed by atoms with E-state index in [1.807, 2.05) is 36.8 Å². The Hall–Kier alpha value is -2.95. The molecule has 3 aromatic rings. The summed E-state index contributed by atoms with van der Waals surface area (Å²) in [6.45, 7) is 2.49. The van der Waals surface area contributed by atoms with E-state index >= 15 is 0 Å². The number of pyridine rings is 1. The Labute approximate surface area is 171 Å². The number of carbonyl (C=O) groups excluding carboxylic acids is 1. The molecule has 5 nitrogen and oxygen atoms in total. The van der Waals surface area contributed by atoms with E-state index in [9.17, 15) is 4.79 Å². The normalized spacial score (nSPS) is 21.9. The lowest BCUT2D eigenvalue weighted by atomic mass is 9.95. The molecule has 1 saturated carbocycles. The molecule has 5 rings (SSSR count). The predicted molar refractivity (Wildman–Crippen MR) is 111 cm³/mol. The molecule has 29 heavy (non-hydrogen) atoms. The maximum Gasteiger partial charge on any atom is 0.226 e. The molecule has 0 N–H and O–H groups in total. The van der Waals surface area contributed by atoms with Crippen molar-refractivity contribution in [3.63, 3.8) is 0 Å². The third-order valence-corrected chi connectivity index (χ3v) is 6.36. The predicted octanol–water partition coefficient (Wildman–Crippen LogP) is 3.84. The summed E-state index contributed by atoms with van der Waals surface area (Å²) in [6, 6.07) is 14.5. The van der Waals surface area contributed by atoms with Crippen molar-refractivity contribution < 1.29 is 4.79 Å². The Morgan fingerprint density at radius 1 is 1.00 bits per heavy atom. The zero-order valence-electron chi connectivity index (χ0n) is 16.5. The first-order chi connectivity index (χ1) is 14.3. The van der Waals surface area contributed by atoms with E-state index in [1.54, 1.807) is 0 Å². The molecule has 1 saturated heterocycles. The van der Waals surface area contributed by atoms with E-state index in [0.29, 0.717) is 17.7 Å². The first-order valence-corrected chi connectivity index (χ1v) is 10.5. The number of hydrogen-bond donors (Lipinski definition) is 0. The standard InChI is InChI=1S/C24H26N4O/c29-24(22-16-21(22)19-4-2-1-3-5-19)27-13-8-20(9-14-27)23-26-12-15-28(23)17-18-6-10-25-11-7-18/h1-7,10-12,15,20-22H,8-9,13-14,16-17H2. The third kappa shape index (κ3) is 3.82. The Bertz CT molecular complexity index is 961. The molecule has 1 aliphatic carbocycles. The van der Waals surface area contributed by atoms with Gasteiger partial charge in [-0.1, -0.05) is 30.3 Å². The molecule has 2 aromatic heterocycles. The summed E-state index contributed by atoms with van der Waals surface area (Å²) in [4.78, 5) is 23.8. The topological polar surface area (TPSA) is 51.0 Å². The number of carbonyl (C=O) groups is 1. The van der Waals surface area contributed by atoms with Gasteiger partial charge in [0.25, 0.3) is 0 Å². The van der Waals surface area contributed by atoms with Crippen LogP contribution in [0.25, 0.3) is 0 Å². The van der Waals surface area contributed by atoms with Crippen LogP contribution in [-0.4, -0.2) is 38.4 Å². The van der Waals surface area contributed by atoms with Gasteiger partial charge in [0.1, 0.15) is 5.82 Å². The Morgan fingerprint density at radius 3 is 2.52 bits per heavy atom. The summed E-state index contributed by atoms with van der Waals surface area (Å²) in [6.07, 6.45) is 10.6. The molecule has 2 aliphatic rings. The zero-order chi connectivity index (χ0) is 19.6. The minimum absolute atomic E-state index is 0.183. The minimum Gasteiger partial charge on any atom is -0.342 e. The maximum absolute atomic E-state index is 12.9. The SMILES string of the molecule is O=C(C1CC1c1ccccc1)N1CCC(c2nccn2Cc2ccncc2)CC1. The quantitative estimate of drug-likeness (QED) is 0.669. The molecular weight excluding hydrogens is 360 g/mol. The van der Waals surface area contributed by atoms with Crippen LogP contribution in [0.4, 0.5) is 0 Å². The van der Waals surface area contributed by atoms with Crippen LogP contribution < -0.4 is 0 Å². The van der Waals surface area contributed by atoms with Gasteiger partial charge in [0.2, 0.25) is 5.91 Å². The second kappa shape index (κ2) is 7.82. The lowest BCUT2D eigenvalue weighted by Gasteiger charge is -2.32. The average molecular weight is 386 g/mol. The van der Waals surface area contributed by atoms with Crippen LogP contribution in [0.5, 0.6) is 0 Å². The summed E-state index contributed by atoms with van der Waals surface area (Å²) in [5, 5.41) is 0. The number of aromatic nitrogens is 3. The molecule has 1 aliphatic heterocycles. The third-order valence-electron chi connectivity index (χ3n) is 6.36. The Balaban J connectivity index is 1.19. The minimum atomic E-state index is 0.183. The van der Waals surface area contributed by atoms with Crippen molar-refractivity contribution in [2.75, 3.05) is 13.1 Å². The van der Waals surface area contributed by atoms with Gasteiger partial charge in [-0.25, -0.2) is 4.98 Å².